The van der Waals surface area contributed by atoms with Gasteiger partial charge in [0.1, 0.15) is 5.75 Å². The fourth-order valence-electron chi connectivity index (χ4n) is 3.21. The van der Waals surface area contributed by atoms with Crippen molar-refractivity contribution in [1.82, 2.24) is 0 Å². The predicted molar refractivity (Wildman–Crippen MR) is 87.4 cm³/mol. The summed E-state index contributed by atoms with van der Waals surface area (Å²) in [7, 11) is 1.71. The molecule has 1 atom stereocenters. The summed E-state index contributed by atoms with van der Waals surface area (Å²) >= 11 is 0. The van der Waals surface area contributed by atoms with Crippen molar-refractivity contribution in [2.45, 2.75) is 12.8 Å². The van der Waals surface area contributed by atoms with Crippen LogP contribution in [-0.4, -0.2) is 13.7 Å². The molecule has 0 aromatic heterocycles. The number of hydrogen-bond acceptors (Lipinski definition) is 2. The lowest BCUT2D eigenvalue weighted by atomic mass is 9.92. The Bertz CT molecular complexity index is 646. The van der Waals surface area contributed by atoms with Gasteiger partial charge in [-0.05, 0) is 53.2 Å². The normalized spacial score (nSPS) is 18.8. The molecule has 2 nitrogen and oxygen atoms in total. The molecule has 0 saturated carbocycles. The van der Waals surface area contributed by atoms with Gasteiger partial charge < -0.3 is 10.5 Å². The monoisotopic (exact) mass is 279 g/mol. The Hall–Kier alpha value is -2.06. The molecule has 1 unspecified atom stereocenters. The van der Waals surface area contributed by atoms with Crippen molar-refractivity contribution in [3.05, 3.63) is 71.3 Å². The lowest BCUT2D eigenvalue weighted by molar-refractivity contribution is 0.414. The Morgan fingerprint density at radius 2 is 2.00 bits per heavy atom. The molecule has 108 valence electrons. The zero-order chi connectivity index (χ0) is 14.7. The lowest BCUT2D eigenvalue weighted by Gasteiger charge is -2.13. The molecule has 0 radical (unpaired) electrons. The highest BCUT2D eigenvalue weighted by Crippen LogP contribution is 2.40. The van der Waals surface area contributed by atoms with E-state index in [9.17, 15) is 0 Å². The molecule has 0 bridgehead atoms. The summed E-state index contributed by atoms with van der Waals surface area (Å²) in [5.74, 6) is 1.43. The van der Waals surface area contributed by atoms with Crippen LogP contribution < -0.4 is 10.5 Å². The summed E-state index contributed by atoms with van der Waals surface area (Å²) < 4.78 is 5.36. The molecule has 3 rings (SSSR count). The maximum Gasteiger partial charge on any atom is 0.119 e. The zero-order valence-corrected chi connectivity index (χ0v) is 12.4. The summed E-state index contributed by atoms with van der Waals surface area (Å²) in [6, 6.07) is 17.0. The van der Waals surface area contributed by atoms with Gasteiger partial charge in [0, 0.05) is 6.54 Å². The third-order valence-corrected chi connectivity index (χ3v) is 4.20. The number of ether oxygens (including phenoxy) is 1. The molecular weight excluding hydrogens is 258 g/mol. The molecule has 0 heterocycles. The van der Waals surface area contributed by atoms with Gasteiger partial charge in [-0.2, -0.15) is 0 Å². The average Bonchev–Trinajstić information content (AvgIpc) is 2.85. The summed E-state index contributed by atoms with van der Waals surface area (Å²) in [6.07, 6.45) is 4.31. The van der Waals surface area contributed by atoms with Gasteiger partial charge in [0.2, 0.25) is 0 Å². The maximum absolute atomic E-state index is 5.78. The third kappa shape index (κ3) is 2.86. The second kappa shape index (κ2) is 6.15. The molecule has 1 aliphatic rings. The van der Waals surface area contributed by atoms with Crippen LogP contribution in [-0.2, 0) is 12.8 Å². The van der Waals surface area contributed by atoms with Crippen molar-refractivity contribution in [2.75, 3.05) is 13.7 Å². The molecule has 2 N–H and O–H groups in total. The van der Waals surface area contributed by atoms with Crippen LogP contribution in [0.1, 0.15) is 16.7 Å². The van der Waals surface area contributed by atoms with Crippen LogP contribution in [0.2, 0.25) is 0 Å². The molecule has 21 heavy (non-hydrogen) atoms. The van der Waals surface area contributed by atoms with Crippen LogP contribution >= 0.6 is 0 Å². The minimum absolute atomic E-state index is 0.512. The van der Waals surface area contributed by atoms with Gasteiger partial charge in [-0.3, -0.25) is 0 Å². The number of hydrogen-bond donors (Lipinski definition) is 1. The van der Waals surface area contributed by atoms with Gasteiger partial charge in [0.05, 0.1) is 7.11 Å². The largest absolute Gasteiger partial charge is 0.497 e. The van der Waals surface area contributed by atoms with Gasteiger partial charge in [0.15, 0.2) is 0 Å². The van der Waals surface area contributed by atoms with Crippen LogP contribution in [0.3, 0.4) is 0 Å². The molecule has 1 aliphatic carbocycles. The van der Waals surface area contributed by atoms with Crippen LogP contribution in [0.5, 0.6) is 5.75 Å². The standard InChI is InChI=1S/C19H21NO/c1-21-17-8-7-15-12-16(11-14-5-3-2-4-6-14)18(9-10-20)19(15)13-17/h2-9,13,16H,10-12,20H2,1H3/b18-9+. The van der Waals surface area contributed by atoms with Crippen LogP contribution in [0.4, 0.5) is 0 Å². The van der Waals surface area contributed by atoms with Crippen LogP contribution in [0.15, 0.2) is 54.6 Å². The Balaban J connectivity index is 1.92. The number of methoxy groups -OCH3 is 1. The summed E-state index contributed by atoms with van der Waals surface area (Å²) in [5.41, 5.74) is 11.2. The Morgan fingerprint density at radius 3 is 2.71 bits per heavy atom. The van der Waals surface area contributed by atoms with Crippen LogP contribution in [0.25, 0.3) is 5.57 Å². The number of allylic oxidation sites excluding steroid dienone is 1. The lowest BCUT2D eigenvalue weighted by Crippen LogP contribution is -2.05. The van der Waals surface area contributed by atoms with Gasteiger partial charge >= 0.3 is 0 Å². The molecule has 0 fully saturated rings. The molecule has 0 saturated heterocycles. The fraction of sp³-hybridized carbons (Fsp3) is 0.263. The highest BCUT2D eigenvalue weighted by atomic mass is 16.5. The molecular formula is C19H21NO. The van der Waals surface area contributed by atoms with E-state index in [4.69, 9.17) is 10.5 Å². The van der Waals surface area contributed by atoms with Gasteiger partial charge in [0.25, 0.3) is 0 Å². The summed E-state index contributed by atoms with van der Waals surface area (Å²) in [5, 5.41) is 0. The number of fused-ring (bicyclic) bond motifs is 1. The topological polar surface area (TPSA) is 35.2 Å². The fourth-order valence-corrected chi connectivity index (χ4v) is 3.21. The number of rotatable bonds is 4. The predicted octanol–water partition coefficient (Wildman–Crippen LogP) is 3.45. The zero-order valence-electron chi connectivity index (χ0n) is 12.4. The van der Waals surface area contributed by atoms with E-state index in [1.165, 1.54) is 22.3 Å². The van der Waals surface area contributed by atoms with Crippen molar-refractivity contribution < 1.29 is 4.74 Å². The van der Waals surface area contributed by atoms with Gasteiger partial charge in [-0.25, -0.2) is 0 Å². The van der Waals surface area contributed by atoms with E-state index in [-0.39, 0.29) is 0 Å². The van der Waals surface area contributed by atoms with E-state index < -0.39 is 0 Å². The highest BCUT2D eigenvalue weighted by Gasteiger charge is 2.27. The Morgan fingerprint density at radius 1 is 1.19 bits per heavy atom. The number of nitrogens with two attached hydrogens (primary N) is 1. The van der Waals surface area contributed by atoms with Gasteiger partial charge in [-0.15, -0.1) is 0 Å². The van der Waals surface area contributed by atoms with Gasteiger partial charge in [-0.1, -0.05) is 42.5 Å². The smallest absolute Gasteiger partial charge is 0.119 e. The van der Waals surface area contributed by atoms with E-state index in [1.807, 2.05) is 6.07 Å². The van der Waals surface area contributed by atoms with Crippen molar-refractivity contribution in [3.8, 4) is 5.75 Å². The molecule has 2 heteroatoms. The van der Waals surface area contributed by atoms with E-state index in [0.29, 0.717) is 12.5 Å². The third-order valence-electron chi connectivity index (χ3n) is 4.20. The minimum Gasteiger partial charge on any atom is -0.497 e. The van der Waals surface area contributed by atoms with Crippen molar-refractivity contribution in [3.63, 3.8) is 0 Å². The van der Waals surface area contributed by atoms with Crippen molar-refractivity contribution in [1.29, 1.82) is 0 Å². The first-order valence-electron chi connectivity index (χ1n) is 7.43. The first-order chi connectivity index (χ1) is 10.3. The first-order valence-corrected chi connectivity index (χ1v) is 7.43. The maximum atomic E-state index is 5.78. The summed E-state index contributed by atoms with van der Waals surface area (Å²) in [4.78, 5) is 0. The quantitative estimate of drug-likeness (QED) is 0.930. The van der Waals surface area contributed by atoms with E-state index >= 15 is 0 Å². The highest BCUT2D eigenvalue weighted by molar-refractivity contribution is 5.76. The molecule has 0 amide bonds. The molecule has 2 aromatic rings. The van der Waals surface area contributed by atoms with Crippen molar-refractivity contribution >= 4 is 5.57 Å². The van der Waals surface area contributed by atoms with Crippen molar-refractivity contribution in [2.24, 2.45) is 11.7 Å². The second-order valence-electron chi connectivity index (χ2n) is 5.51. The SMILES string of the molecule is COc1ccc2c(c1)/C(=C/CN)C(Cc1ccccc1)C2. The Kier molecular flexibility index (Phi) is 4.07. The molecule has 0 spiro atoms. The van der Waals surface area contributed by atoms with Crippen LogP contribution in [0, 0.1) is 5.92 Å². The number of benzene rings is 2. The summed E-state index contributed by atoms with van der Waals surface area (Å²) in [6.45, 7) is 0.581. The van der Waals surface area contributed by atoms with E-state index in [0.717, 1.165) is 18.6 Å². The molecule has 2 aromatic carbocycles. The average molecular weight is 279 g/mol. The minimum atomic E-state index is 0.512. The molecule has 0 aliphatic heterocycles. The first kappa shape index (κ1) is 13.9. The Labute approximate surface area is 126 Å². The van der Waals surface area contributed by atoms with E-state index in [1.54, 1.807) is 7.11 Å². The van der Waals surface area contributed by atoms with E-state index in [2.05, 4.69) is 48.5 Å². The second-order valence-corrected chi connectivity index (χ2v) is 5.51.